The highest BCUT2D eigenvalue weighted by molar-refractivity contribution is 7.94. The summed E-state index contributed by atoms with van der Waals surface area (Å²) in [5, 5.41) is 29.6. The van der Waals surface area contributed by atoms with E-state index in [0.717, 1.165) is 16.4 Å². The number of nitrogens with zero attached hydrogens (tertiary/aromatic N) is 2. The first-order valence-corrected chi connectivity index (χ1v) is 10.7. The Morgan fingerprint density at radius 2 is 1.97 bits per heavy atom. The normalized spacial score (nSPS) is 12.6. The van der Waals surface area contributed by atoms with E-state index < -0.39 is 32.0 Å². The molecule has 0 fully saturated rings. The number of sulfone groups is 1. The predicted octanol–water partition coefficient (Wildman–Crippen LogP) is 4.43. The van der Waals surface area contributed by atoms with Gasteiger partial charge in [0.1, 0.15) is 10.8 Å². The Morgan fingerprint density at radius 3 is 2.53 bits per heavy atom. The van der Waals surface area contributed by atoms with Crippen LogP contribution in [0.25, 0.3) is 6.08 Å². The Balaban J connectivity index is 2.18. The number of amides is 1. The van der Waals surface area contributed by atoms with Crippen LogP contribution in [0.4, 0.5) is 16.2 Å². The lowest BCUT2D eigenvalue weighted by molar-refractivity contribution is -0.384. The number of phenols is 1. The van der Waals surface area contributed by atoms with Crippen LogP contribution >= 0.6 is 23.2 Å². The summed E-state index contributed by atoms with van der Waals surface area (Å²) < 4.78 is 24.7. The second kappa shape index (κ2) is 9.33. The van der Waals surface area contributed by atoms with Gasteiger partial charge >= 0.3 is 6.09 Å². The summed E-state index contributed by atoms with van der Waals surface area (Å²) in [6.07, 6.45) is -0.0557. The van der Waals surface area contributed by atoms with Crippen molar-refractivity contribution in [3.8, 4) is 5.75 Å². The number of hydrogen-bond acceptors (Lipinski definition) is 6. The Morgan fingerprint density at radius 1 is 1.30 bits per heavy atom. The zero-order chi connectivity index (χ0) is 22.6. The van der Waals surface area contributed by atoms with E-state index >= 15 is 0 Å². The summed E-state index contributed by atoms with van der Waals surface area (Å²) >= 11 is 11.9. The number of rotatable bonds is 7. The molecule has 2 rings (SSSR count). The second-order valence-electron chi connectivity index (χ2n) is 6.16. The monoisotopic (exact) mass is 474 g/mol. The summed E-state index contributed by atoms with van der Waals surface area (Å²) in [5.41, 5.74) is 0.192. The number of phenolic OH excluding ortho intramolecular Hbond substituents is 1. The molecule has 0 spiro atoms. The van der Waals surface area contributed by atoms with Crippen molar-refractivity contribution in [3.05, 3.63) is 68.1 Å². The van der Waals surface area contributed by atoms with Crippen LogP contribution in [0, 0.1) is 10.1 Å². The molecule has 30 heavy (non-hydrogen) atoms. The van der Waals surface area contributed by atoms with Gasteiger partial charge in [0.05, 0.1) is 21.7 Å². The summed E-state index contributed by atoms with van der Waals surface area (Å²) in [7, 11) is -2.58. The van der Waals surface area contributed by atoms with Crippen molar-refractivity contribution in [1.82, 2.24) is 0 Å². The van der Waals surface area contributed by atoms with Gasteiger partial charge < -0.3 is 10.2 Å². The number of alkyl halides is 1. The maximum atomic E-state index is 12.3. The van der Waals surface area contributed by atoms with Crippen molar-refractivity contribution in [2.75, 3.05) is 17.7 Å². The molecule has 0 aromatic heterocycles. The first-order chi connectivity index (χ1) is 13.9. The van der Waals surface area contributed by atoms with Gasteiger partial charge in [0, 0.05) is 18.5 Å². The van der Waals surface area contributed by atoms with Gasteiger partial charge in [-0.1, -0.05) is 23.7 Å². The molecule has 1 atom stereocenters. The van der Waals surface area contributed by atoms with E-state index in [1.54, 1.807) is 0 Å². The minimum Gasteiger partial charge on any atom is -0.506 e. The van der Waals surface area contributed by atoms with Gasteiger partial charge in [-0.15, -0.1) is 11.6 Å². The molecule has 9 nitrogen and oxygen atoms in total. The smallest absolute Gasteiger partial charge is 0.411 e. The first-order valence-electron chi connectivity index (χ1n) is 8.19. The van der Waals surface area contributed by atoms with Gasteiger partial charge in [0.25, 0.3) is 5.69 Å². The van der Waals surface area contributed by atoms with E-state index in [2.05, 4.69) is 0 Å². The van der Waals surface area contributed by atoms with Crippen LogP contribution in [0.3, 0.4) is 0 Å². The maximum Gasteiger partial charge on any atom is 0.411 e. The van der Waals surface area contributed by atoms with Crippen LogP contribution in [0.15, 0.2) is 41.8 Å². The third-order valence-electron chi connectivity index (χ3n) is 4.02. The Kier molecular flexibility index (Phi) is 7.30. The van der Waals surface area contributed by atoms with E-state index in [0.29, 0.717) is 5.56 Å². The number of hydrogen-bond donors (Lipinski definition) is 2. The van der Waals surface area contributed by atoms with Crippen LogP contribution < -0.4 is 4.90 Å². The molecule has 0 aliphatic rings. The Hall–Kier alpha value is -2.82. The molecule has 2 aromatic carbocycles. The number of anilines is 1. The number of carboxylic acid groups (broad SMARTS) is 1. The fraction of sp³-hybridized carbons (Fsp3) is 0.167. The SMILES string of the molecule is CN(C(=O)O)c1ccc(C=CS(=O)(=O)CC(Cl)c2ccc(Cl)c([N+](=O)[O-])c2)cc1O. The van der Waals surface area contributed by atoms with E-state index in [1.807, 2.05) is 0 Å². The molecule has 0 bridgehead atoms. The minimum absolute atomic E-state index is 0.0349. The molecule has 2 N–H and O–H groups in total. The first kappa shape index (κ1) is 23.5. The van der Waals surface area contributed by atoms with Gasteiger partial charge in [0.15, 0.2) is 9.84 Å². The van der Waals surface area contributed by atoms with E-state index in [-0.39, 0.29) is 27.7 Å². The number of nitro groups is 1. The molecule has 1 amide bonds. The molecular formula is C18H16Cl2N2O7S. The third-order valence-corrected chi connectivity index (χ3v) is 6.28. The summed E-state index contributed by atoms with van der Waals surface area (Å²) in [6, 6.07) is 7.76. The number of nitro benzene ring substituents is 1. The van der Waals surface area contributed by atoms with Gasteiger partial charge in [-0.3, -0.25) is 15.0 Å². The zero-order valence-corrected chi connectivity index (χ0v) is 17.7. The number of halogens is 2. The van der Waals surface area contributed by atoms with Crippen molar-refractivity contribution < 1.29 is 28.3 Å². The van der Waals surface area contributed by atoms with Crippen molar-refractivity contribution >= 4 is 56.6 Å². The molecule has 0 aliphatic heterocycles. The number of benzene rings is 2. The highest BCUT2D eigenvalue weighted by Crippen LogP contribution is 2.32. The number of carbonyl (C=O) groups is 1. The van der Waals surface area contributed by atoms with E-state index in [9.17, 15) is 28.4 Å². The van der Waals surface area contributed by atoms with Crippen LogP contribution in [-0.4, -0.2) is 42.4 Å². The fourth-order valence-electron chi connectivity index (χ4n) is 2.43. The molecule has 1 unspecified atom stereocenters. The zero-order valence-electron chi connectivity index (χ0n) is 15.4. The molecule has 0 saturated carbocycles. The topological polar surface area (TPSA) is 138 Å². The van der Waals surface area contributed by atoms with Gasteiger partial charge in [-0.25, -0.2) is 13.2 Å². The lowest BCUT2D eigenvalue weighted by Crippen LogP contribution is -2.23. The minimum atomic E-state index is -3.82. The van der Waals surface area contributed by atoms with Crippen LogP contribution in [0.1, 0.15) is 16.5 Å². The number of aromatic hydroxyl groups is 1. The van der Waals surface area contributed by atoms with E-state index in [4.69, 9.17) is 28.3 Å². The highest BCUT2D eigenvalue weighted by Gasteiger charge is 2.21. The lowest BCUT2D eigenvalue weighted by Gasteiger charge is -2.14. The Labute approximate surface area is 181 Å². The molecule has 0 heterocycles. The van der Waals surface area contributed by atoms with Gasteiger partial charge in [-0.2, -0.15) is 0 Å². The highest BCUT2D eigenvalue weighted by atomic mass is 35.5. The van der Waals surface area contributed by atoms with Crippen molar-refractivity contribution in [2.45, 2.75) is 5.38 Å². The lowest BCUT2D eigenvalue weighted by atomic mass is 10.1. The van der Waals surface area contributed by atoms with E-state index in [1.165, 1.54) is 43.5 Å². The average molecular weight is 475 g/mol. The summed E-state index contributed by atoms with van der Waals surface area (Å²) in [4.78, 5) is 22.0. The summed E-state index contributed by atoms with van der Waals surface area (Å²) in [6.45, 7) is 0. The van der Waals surface area contributed by atoms with Crippen LogP contribution in [0.2, 0.25) is 5.02 Å². The van der Waals surface area contributed by atoms with Crippen LogP contribution in [-0.2, 0) is 9.84 Å². The third kappa shape index (κ3) is 5.85. The molecule has 0 saturated heterocycles. The molecule has 2 aromatic rings. The van der Waals surface area contributed by atoms with Gasteiger partial charge in [0.2, 0.25) is 0 Å². The van der Waals surface area contributed by atoms with Gasteiger partial charge in [-0.05, 0) is 35.4 Å². The van der Waals surface area contributed by atoms with Crippen molar-refractivity contribution in [1.29, 1.82) is 0 Å². The van der Waals surface area contributed by atoms with Crippen molar-refractivity contribution in [2.24, 2.45) is 0 Å². The summed E-state index contributed by atoms with van der Waals surface area (Å²) in [5.74, 6) is -0.876. The molecule has 0 radical (unpaired) electrons. The quantitative estimate of drug-likeness (QED) is 0.343. The van der Waals surface area contributed by atoms with Crippen molar-refractivity contribution in [3.63, 3.8) is 0 Å². The largest absolute Gasteiger partial charge is 0.506 e. The Bertz CT molecular complexity index is 1120. The standard InChI is InChI=1S/C18H16Cl2N2O7S/c1-21(18(24)25)15-5-2-11(8-17(15)23)6-7-30(28,29)10-14(20)12-3-4-13(19)16(9-12)22(26)27/h2-9,14,23H,10H2,1H3,(H,24,25). The molecule has 160 valence electrons. The molecule has 12 heteroatoms. The average Bonchev–Trinajstić information content (AvgIpc) is 2.65. The maximum absolute atomic E-state index is 12.3. The molecular weight excluding hydrogens is 459 g/mol. The molecule has 0 aliphatic carbocycles. The van der Waals surface area contributed by atoms with Crippen LogP contribution in [0.5, 0.6) is 5.75 Å². The second-order valence-corrected chi connectivity index (χ2v) is 9.02. The predicted molar refractivity (Wildman–Crippen MR) is 114 cm³/mol. The fourth-order valence-corrected chi connectivity index (χ4v) is 4.36.